The Morgan fingerprint density at radius 2 is 1.97 bits per heavy atom. The second-order valence-corrected chi connectivity index (χ2v) is 11.0. The molecule has 2 fully saturated rings. The Balaban J connectivity index is 1.15. The first-order valence-electron chi connectivity index (χ1n) is 11.9. The summed E-state index contributed by atoms with van der Waals surface area (Å²) in [7, 11) is -2.40. The zero-order chi connectivity index (χ0) is 24.1. The fourth-order valence-electron chi connectivity index (χ4n) is 5.22. The van der Waals surface area contributed by atoms with Crippen molar-refractivity contribution in [3.05, 3.63) is 36.0 Å². The van der Waals surface area contributed by atoms with Crippen LogP contribution in [0, 0.1) is 23.7 Å². The van der Waals surface area contributed by atoms with Gasteiger partial charge in [0.05, 0.1) is 7.11 Å². The minimum atomic E-state index is -3.87. The Morgan fingerprint density at radius 3 is 2.65 bits per heavy atom. The number of fused-ring (bicyclic) bond motifs is 2. The quantitative estimate of drug-likeness (QED) is 0.451. The monoisotopic (exact) mass is 491 g/mol. The molecule has 3 amide bonds. The van der Waals surface area contributed by atoms with E-state index in [-0.39, 0.29) is 11.8 Å². The lowest BCUT2D eigenvalue weighted by Gasteiger charge is -2.31. The van der Waals surface area contributed by atoms with Crippen molar-refractivity contribution in [2.75, 3.05) is 33.3 Å². The molecule has 3 aliphatic rings. The summed E-state index contributed by atoms with van der Waals surface area (Å²) in [4.78, 5) is 28.6. The summed E-state index contributed by atoms with van der Waals surface area (Å²) < 4.78 is 33.8. The molecule has 1 aromatic heterocycles. The number of carbonyl (C=O) groups excluding carboxylic acids is 2. The third-order valence-corrected chi connectivity index (χ3v) is 8.61. The molecule has 34 heavy (non-hydrogen) atoms. The number of ether oxygens (including phenoxy) is 1. The largest absolute Gasteiger partial charge is 0.480 e. The Hall–Kier alpha value is -2.66. The second-order valence-electron chi connectivity index (χ2n) is 9.30. The molecule has 4 rings (SSSR count). The van der Waals surface area contributed by atoms with Crippen molar-refractivity contribution in [2.45, 2.75) is 32.1 Å². The molecule has 1 aromatic rings. The van der Waals surface area contributed by atoms with Crippen LogP contribution >= 0.6 is 0 Å². The summed E-state index contributed by atoms with van der Waals surface area (Å²) in [6.45, 7) is 1.66. The number of hydrogen-bond donors (Lipinski definition) is 3. The van der Waals surface area contributed by atoms with E-state index in [9.17, 15) is 18.0 Å². The first-order valence-corrected chi connectivity index (χ1v) is 13.3. The van der Waals surface area contributed by atoms with Gasteiger partial charge in [-0.15, -0.1) is 0 Å². The SMILES string of the molecule is COc1ncccc1C(=O)NCCC1CCN(S(=O)(=O)NC(=O)NC[C@@H]2CC3C=CC2C3)CC1. The van der Waals surface area contributed by atoms with Crippen LogP contribution in [0.2, 0.25) is 0 Å². The number of nitrogens with zero attached hydrogens (tertiary/aromatic N) is 2. The Kier molecular flexibility index (Phi) is 7.72. The maximum atomic E-state index is 12.6. The first-order chi connectivity index (χ1) is 16.4. The molecule has 3 N–H and O–H groups in total. The minimum absolute atomic E-state index is 0.248. The highest BCUT2D eigenvalue weighted by atomic mass is 32.2. The Morgan fingerprint density at radius 1 is 1.18 bits per heavy atom. The number of aromatic nitrogens is 1. The Bertz CT molecular complexity index is 1020. The van der Waals surface area contributed by atoms with Gasteiger partial charge in [-0.3, -0.25) is 4.79 Å². The fraction of sp³-hybridized carbons (Fsp3) is 0.609. The summed E-state index contributed by atoms with van der Waals surface area (Å²) in [5.41, 5.74) is 0.382. The number of urea groups is 1. The van der Waals surface area contributed by atoms with E-state index < -0.39 is 16.2 Å². The molecular formula is C23H33N5O5S. The van der Waals surface area contributed by atoms with Crippen molar-refractivity contribution < 1.29 is 22.7 Å². The van der Waals surface area contributed by atoms with E-state index in [1.54, 1.807) is 18.3 Å². The Labute approximate surface area is 200 Å². The van der Waals surface area contributed by atoms with Gasteiger partial charge in [0.2, 0.25) is 5.88 Å². The van der Waals surface area contributed by atoms with Gasteiger partial charge < -0.3 is 15.4 Å². The molecule has 0 radical (unpaired) electrons. The van der Waals surface area contributed by atoms with Crippen molar-refractivity contribution >= 4 is 22.1 Å². The average Bonchev–Trinajstić information content (AvgIpc) is 3.46. The summed E-state index contributed by atoms with van der Waals surface area (Å²) in [6.07, 6.45) is 10.3. The van der Waals surface area contributed by atoms with E-state index in [4.69, 9.17) is 4.74 Å². The zero-order valence-electron chi connectivity index (χ0n) is 19.4. The molecular weight excluding hydrogens is 458 g/mol. The number of methoxy groups -OCH3 is 1. The molecule has 2 heterocycles. The maximum absolute atomic E-state index is 12.6. The van der Waals surface area contributed by atoms with Gasteiger partial charge in [0, 0.05) is 32.4 Å². The second kappa shape index (κ2) is 10.7. The van der Waals surface area contributed by atoms with Crippen LogP contribution in [-0.4, -0.2) is 62.9 Å². The molecule has 2 bridgehead atoms. The van der Waals surface area contributed by atoms with Crippen LogP contribution in [0.3, 0.4) is 0 Å². The highest BCUT2D eigenvalue weighted by Crippen LogP contribution is 2.42. The third-order valence-electron chi connectivity index (χ3n) is 7.12. The van der Waals surface area contributed by atoms with Crippen LogP contribution in [0.1, 0.15) is 42.5 Å². The lowest BCUT2D eigenvalue weighted by molar-refractivity contribution is 0.0946. The van der Waals surface area contributed by atoms with Crippen LogP contribution in [0.25, 0.3) is 0 Å². The van der Waals surface area contributed by atoms with E-state index in [1.807, 2.05) is 0 Å². The van der Waals surface area contributed by atoms with Crippen LogP contribution in [0.4, 0.5) is 4.79 Å². The van der Waals surface area contributed by atoms with Gasteiger partial charge in [-0.2, -0.15) is 12.7 Å². The molecule has 0 spiro atoms. The minimum Gasteiger partial charge on any atom is -0.480 e. The summed E-state index contributed by atoms with van der Waals surface area (Å²) in [6, 6.07) is 2.67. The van der Waals surface area contributed by atoms with E-state index in [0.717, 1.165) is 19.3 Å². The van der Waals surface area contributed by atoms with Gasteiger partial charge in [0.15, 0.2) is 0 Å². The maximum Gasteiger partial charge on any atom is 0.329 e. The van der Waals surface area contributed by atoms with Gasteiger partial charge >= 0.3 is 16.2 Å². The van der Waals surface area contributed by atoms with E-state index in [0.29, 0.717) is 68.3 Å². The number of rotatable bonds is 9. The molecule has 1 saturated carbocycles. The van der Waals surface area contributed by atoms with E-state index in [1.165, 1.54) is 11.4 Å². The number of nitrogens with one attached hydrogen (secondary N) is 3. The van der Waals surface area contributed by atoms with Crippen LogP contribution < -0.4 is 20.1 Å². The van der Waals surface area contributed by atoms with Crippen LogP contribution in [-0.2, 0) is 10.2 Å². The summed E-state index contributed by atoms with van der Waals surface area (Å²) in [5.74, 6) is 1.82. The van der Waals surface area contributed by atoms with Gasteiger partial charge in [0.25, 0.3) is 5.91 Å². The number of hydrogen-bond acceptors (Lipinski definition) is 6. The molecule has 186 valence electrons. The van der Waals surface area contributed by atoms with E-state index in [2.05, 4.69) is 32.5 Å². The normalized spacial score (nSPS) is 24.7. The van der Waals surface area contributed by atoms with Crippen molar-refractivity contribution in [3.8, 4) is 5.88 Å². The smallest absolute Gasteiger partial charge is 0.329 e. The lowest BCUT2D eigenvalue weighted by Crippen LogP contribution is -2.50. The number of allylic oxidation sites excluding steroid dienone is 2. The van der Waals surface area contributed by atoms with Crippen molar-refractivity contribution in [1.82, 2.24) is 24.6 Å². The van der Waals surface area contributed by atoms with Gasteiger partial charge in [0.1, 0.15) is 5.56 Å². The zero-order valence-corrected chi connectivity index (χ0v) is 20.2. The summed E-state index contributed by atoms with van der Waals surface area (Å²) >= 11 is 0. The third kappa shape index (κ3) is 5.87. The van der Waals surface area contributed by atoms with Gasteiger partial charge in [-0.25, -0.2) is 14.5 Å². The topological polar surface area (TPSA) is 130 Å². The predicted octanol–water partition coefficient (Wildman–Crippen LogP) is 1.68. The highest BCUT2D eigenvalue weighted by Gasteiger charge is 2.36. The van der Waals surface area contributed by atoms with Crippen molar-refractivity contribution in [1.29, 1.82) is 0 Å². The molecule has 1 saturated heterocycles. The molecule has 10 nitrogen and oxygen atoms in total. The standard InChI is InChI=1S/C23H33N5O5S/c1-33-22-20(3-2-9-25-22)21(29)24-10-6-16-7-11-28(12-8-16)34(31,32)27-23(30)26-15-19-14-17-4-5-18(19)13-17/h2-5,9,16-19H,6-8,10-15H2,1H3,(H,24,29)(H2,26,27,30)/t17?,18?,19-/m0/s1. The molecule has 1 aliphatic heterocycles. The van der Waals surface area contributed by atoms with Crippen molar-refractivity contribution in [2.24, 2.45) is 23.7 Å². The number of pyridine rings is 1. The van der Waals surface area contributed by atoms with Crippen LogP contribution in [0.5, 0.6) is 5.88 Å². The number of amides is 3. The fourth-order valence-corrected chi connectivity index (χ4v) is 6.35. The van der Waals surface area contributed by atoms with Gasteiger partial charge in [-0.05, 0) is 67.9 Å². The highest BCUT2D eigenvalue weighted by molar-refractivity contribution is 7.87. The van der Waals surface area contributed by atoms with E-state index >= 15 is 0 Å². The van der Waals surface area contributed by atoms with Crippen LogP contribution in [0.15, 0.2) is 30.5 Å². The predicted molar refractivity (Wildman–Crippen MR) is 126 cm³/mol. The molecule has 2 aliphatic carbocycles. The lowest BCUT2D eigenvalue weighted by atomic mass is 9.94. The number of piperidine rings is 1. The molecule has 3 atom stereocenters. The van der Waals surface area contributed by atoms with Gasteiger partial charge in [-0.1, -0.05) is 12.2 Å². The first kappa shape index (κ1) is 24.5. The van der Waals surface area contributed by atoms with Crippen molar-refractivity contribution in [3.63, 3.8) is 0 Å². The average molecular weight is 492 g/mol. The molecule has 0 aromatic carbocycles. The number of carbonyl (C=O) groups is 2. The molecule has 11 heteroatoms. The molecule has 2 unspecified atom stereocenters. The summed E-state index contributed by atoms with van der Waals surface area (Å²) in [5, 5.41) is 5.61.